The van der Waals surface area contributed by atoms with Gasteiger partial charge in [0.25, 0.3) is 11.8 Å². The van der Waals surface area contributed by atoms with Crippen molar-refractivity contribution in [1.82, 2.24) is 5.32 Å². The van der Waals surface area contributed by atoms with Crippen LogP contribution in [0.2, 0.25) is 0 Å². The summed E-state index contributed by atoms with van der Waals surface area (Å²) >= 11 is 5.15. The van der Waals surface area contributed by atoms with E-state index in [-0.39, 0.29) is 34.4 Å². The molecule has 0 atom stereocenters. The number of thiocarbonyl (C=S) groups is 1. The van der Waals surface area contributed by atoms with Crippen LogP contribution in [-0.4, -0.2) is 28.0 Å². The van der Waals surface area contributed by atoms with Gasteiger partial charge in [0, 0.05) is 0 Å². The topological polar surface area (TPSA) is 95.9 Å². The number of ether oxygens (including phenoxy) is 1. The standard InChI is InChI=1S/C25H17FN2O5S/c26-18-9-7-15(8-10-18)14-33-20-6-1-3-16(11-20)12-21-22(29)27-25(34)28(23(21)30)19-5-2-4-17(13-19)24(31)32/h1-13H,14H2,(H,31,32)(H,27,29,34). The number of benzene rings is 3. The Morgan fingerprint density at radius 2 is 1.79 bits per heavy atom. The number of aromatic carboxylic acids is 1. The molecule has 0 saturated carbocycles. The summed E-state index contributed by atoms with van der Waals surface area (Å²) in [5, 5.41) is 11.6. The molecule has 2 amide bonds. The summed E-state index contributed by atoms with van der Waals surface area (Å²) in [7, 11) is 0. The summed E-state index contributed by atoms with van der Waals surface area (Å²) in [6.45, 7) is 0.210. The number of carboxylic acids is 1. The van der Waals surface area contributed by atoms with Gasteiger partial charge in [-0.3, -0.25) is 19.8 Å². The van der Waals surface area contributed by atoms with Gasteiger partial charge < -0.3 is 9.84 Å². The summed E-state index contributed by atoms with van der Waals surface area (Å²) in [6, 6.07) is 18.4. The summed E-state index contributed by atoms with van der Waals surface area (Å²) in [6.07, 6.45) is 1.40. The van der Waals surface area contributed by atoms with Gasteiger partial charge in [-0.1, -0.05) is 30.3 Å². The number of rotatable bonds is 6. The molecule has 0 aromatic heterocycles. The molecule has 1 aliphatic rings. The molecular weight excluding hydrogens is 459 g/mol. The van der Waals surface area contributed by atoms with Crippen LogP contribution in [0, 0.1) is 5.82 Å². The van der Waals surface area contributed by atoms with E-state index in [9.17, 15) is 23.9 Å². The van der Waals surface area contributed by atoms with Crippen LogP contribution in [0.3, 0.4) is 0 Å². The molecule has 0 aliphatic carbocycles. The predicted molar refractivity (Wildman–Crippen MR) is 127 cm³/mol. The molecule has 2 N–H and O–H groups in total. The number of nitrogens with one attached hydrogen (secondary N) is 1. The Morgan fingerprint density at radius 3 is 2.53 bits per heavy atom. The van der Waals surface area contributed by atoms with Gasteiger partial charge in [-0.25, -0.2) is 9.18 Å². The quantitative estimate of drug-likeness (QED) is 0.318. The van der Waals surface area contributed by atoms with Crippen molar-refractivity contribution < 1.29 is 28.6 Å². The molecule has 3 aromatic carbocycles. The van der Waals surface area contributed by atoms with Crippen molar-refractivity contribution in [3.63, 3.8) is 0 Å². The first-order valence-electron chi connectivity index (χ1n) is 10.0. The first-order chi connectivity index (χ1) is 16.3. The highest BCUT2D eigenvalue weighted by molar-refractivity contribution is 7.80. The maximum Gasteiger partial charge on any atom is 0.335 e. The van der Waals surface area contributed by atoms with Gasteiger partial charge in [-0.2, -0.15) is 0 Å². The lowest BCUT2D eigenvalue weighted by molar-refractivity contribution is -0.122. The Bertz CT molecular complexity index is 1340. The molecule has 0 radical (unpaired) electrons. The summed E-state index contributed by atoms with van der Waals surface area (Å²) < 4.78 is 18.8. The predicted octanol–water partition coefficient (Wildman–Crippen LogP) is 3.93. The monoisotopic (exact) mass is 476 g/mol. The third-order valence-electron chi connectivity index (χ3n) is 4.94. The van der Waals surface area contributed by atoms with Gasteiger partial charge in [0.1, 0.15) is 23.7 Å². The van der Waals surface area contributed by atoms with Crippen LogP contribution in [0.1, 0.15) is 21.5 Å². The van der Waals surface area contributed by atoms with Crippen LogP contribution in [0.25, 0.3) is 6.08 Å². The molecule has 34 heavy (non-hydrogen) atoms. The smallest absolute Gasteiger partial charge is 0.335 e. The third-order valence-corrected chi connectivity index (χ3v) is 5.23. The molecule has 7 nitrogen and oxygen atoms in total. The van der Waals surface area contributed by atoms with Gasteiger partial charge in [-0.05, 0) is 71.9 Å². The molecule has 1 aliphatic heterocycles. The van der Waals surface area contributed by atoms with E-state index in [4.69, 9.17) is 17.0 Å². The van der Waals surface area contributed by atoms with E-state index < -0.39 is 17.8 Å². The van der Waals surface area contributed by atoms with E-state index >= 15 is 0 Å². The van der Waals surface area contributed by atoms with E-state index in [1.54, 1.807) is 36.4 Å². The number of carbonyl (C=O) groups excluding carboxylic acids is 2. The highest BCUT2D eigenvalue weighted by Gasteiger charge is 2.34. The van der Waals surface area contributed by atoms with E-state index in [2.05, 4.69) is 5.32 Å². The van der Waals surface area contributed by atoms with Gasteiger partial charge in [-0.15, -0.1) is 0 Å². The molecule has 0 unspecified atom stereocenters. The Kier molecular flexibility index (Phi) is 6.46. The van der Waals surface area contributed by atoms with Gasteiger partial charge in [0.05, 0.1) is 11.3 Å². The average Bonchev–Trinajstić information content (AvgIpc) is 2.82. The maximum absolute atomic E-state index is 13.2. The SMILES string of the molecule is O=C1NC(=S)N(c2cccc(C(=O)O)c2)C(=O)C1=Cc1cccc(OCc2ccc(F)cc2)c1. The second-order valence-corrected chi connectivity index (χ2v) is 7.69. The van der Waals surface area contributed by atoms with E-state index in [0.717, 1.165) is 10.5 Å². The number of amides is 2. The van der Waals surface area contributed by atoms with Crippen LogP contribution >= 0.6 is 12.2 Å². The van der Waals surface area contributed by atoms with Crippen LogP contribution in [-0.2, 0) is 16.2 Å². The van der Waals surface area contributed by atoms with Crippen molar-refractivity contribution in [2.75, 3.05) is 4.90 Å². The van der Waals surface area contributed by atoms with Crippen molar-refractivity contribution in [2.45, 2.75) is 6.61 Å². The second kappa shape index (κ2) is 9.63. The molecular formula is C25H17FN2O5S. The number of carbonyl (C=O) groups is 3. The largest absolute Gasteiger partial charge is 0.489 e. The first kappa shape index (κ1) is 22.8. The minimum atomic E-state index is -1.16. The number of anilines is 1. The van der Waals surface area contributed by atoms with Crippen LogP contribution in [0.4, 0.5) is 10.1 Å². The zero-order valence-corrected chi connectivity index (χ0v) is 18.3. The van der Waals surface area contributed by atoms with Crippen molar-refractivity contribution in [3.05, 3.63) is 101 Å². The number of hydrogen-bond donors (Lipinski definition) is 2. The molecule has 170 valence electrons. The number of nitrogens with zero attached hydrogens (tertiary/aromatic N) is 1. The molecule has 9 heteroatoms. The Morgan fingerprint density at radius 1 is 1.06 bits per heavy atom. The zero-order chi connectivity index (χ0) is 24.2. The van der Waals surface area contributed by atoms with E-state index in [0.29, 0.717) is 11.3 Å². The van der Waals surface area contributed by atoms with Crippen LogP contribution in [0.5, 0.6) is 5.75 Å². The Labute approximate surface area is 199 Å². The summed E-state index contributed by atoms with van der Waals surface area (Å²) in [5.41, 5.74) is 1.32. The number of carboxylic acid groups (broad SMARTS) is 1. The van der Waals surface area contributed by atoms with E-state index in [1.807, 2.05) is 0 Å². The molecule has 0 bridgehead atoms. The molecule has 1 saturated heterocycles. The van der Waals surface area contributed by atoms with Crippen molar-refractivity contribution >= 4 is 46.9 Å². The summed E-state index contributed by atoms with van der Waals surface area (Å²) in [4.78, 5) is 38.1. The van der Waals surface area contributed by atoms with Gasteiger partial charge in [0.15, 0.2) is 5.11 Å². The second-order valence-electron chi connectivity index (χ2n) is 7.30. The van der Waals surface area contributed by atoms with Crippen molar-refractivity contribution in [2.24, 2.45) is 0 Å². The highest BCUT2D eigenvalue weighted by Crippen LogP contribution is 2.24. The molecule has 4 rings (SSSR count). The summed E-state index contributed by atoms with van der Waals surface area (Å²) in [5.74, 6) is -2.36. The van der Waals surface area contributed by atoms with Crippen molar-refractivity contribution in [1.29, 1.82) is 0 Å². The fourth-order valence-corrected chi connectivity index (χ4v) is 3.56. The highest BCUT2D eigenvalue weighted by atomic mass is 32.1. The first-order valence-corrected chi connectivity index (χ1v) is 10.4. The molecule has 3 aromatic rings. The number of halogens is 1. The number of hydrogen-bond acceptors (Lipinski definition) is 5. The average molecular weight is 476 g/mol. The minimum Gasteiger partial charge on any atom is -0.489 e. The lowest BCUT2D eigenvalue weighted by Gasteiger charge is -2.29. The zero-order valence-electron chi connectivity index (χ0n) is 17.5. The lowest BCUT2D eigenvalue weighted by Crippen LogP contribution is -2.54. The Balaban J connectivity index is 1.58. The fourth-order valence-electron chi connectivity index (χ4n) is 3.28. The van der Waals surface area contributed by atoms with Gasteiger partial charge >= 0.3 is 5.97 Å². The third kappa shape index (κ3) is 5.00. The maximum atomic E-state index is 13.2. The molecule has 0 spiro atoms. The fraction of sp³-hybridized carbons (Fsp3) is 0.0400. The lowest BCUT2D eigenvalue weighted by atomic mass is 10.1. The normalized spacial score (nSPS) is 14.8. The molecule has 1 fully saturated rings. The molecule has 1 heterocycles. The van der Waals surface area contributed by atoms with Crippen LogP contribution in [0.15, 0.2) is 78.4 Å². The van der Waals surface area contributed by atoms with E-state index in [1.165, 1.54) is 42.5 Å². The minimum absolute atomic E-state index is 0.0264. The van der Waals surface area contributed by atoms with Gasteiger partial charge in [0.2, 0.25) is 0 Å². The van der Waals surface area contributed by atoms with Crippen LogP contribution < -0.4 is 15.0 Å². The van der Waals surface area contributed by atoms with Crippen molar-refractivity contribution in [3.8, 4) is 5.75 Å². The Hall–Kier alpha value is -4.37.